The molecule has 3 rings (SSSR count). The molecule has 6 nitrogen and oxygen atoms in total. The van der Waals surface area contributed by atoms with Crippen LogP contribution in [0.15, 0.2) is 30.7 Å². The average Bonchev–Trinajstić information content (AvgIpc) is 3.01. The van der Waals surface area contributed by atoms with Crippen molar-refractivity contribution in [1.29, 1.82) is 5.26 Å². The van der Waals surface area contributed by atoms with E-state index in [2.05, 4.69) is 26.3 Å². The lowest BCUT2D eigenvalue weighted by Crippen LogP contribution is -2.35. The maximum Gasteiger partial charge on any atom is 0.128 e. The molecule has 0 bridgehead atoms. The molecule has 1 saturated heterocycles. The molecule has 0 radical (unpaired) electrons. The molecule has 3 heterocycles. The van der Waals surface area contributed by atoms with Crippen molar-refractivity contribution in [2.24, 2.45) is 5.92 Å². The lowest BCUT2D eigenvalue weighted by atomic mass is 9.97. The van der Waals surface area contributed by atoms with Gasteiger partial charge in [-0.05, 0) is 30.9 Å². The molecule has 0 aliphatic carbocycles. The van der Waals surface area contributed by atoms with Gasteiger partial charge in [-0.2, -0.15) is 5.26 Å². The van der Waals surface area contributed by atoms with Crippen LogP contribution >= 0.6 is 0 Å². The first-order chi connectivity index (χ1) is 9.85. The summed E-state index contributed by atoms with van der Waals surface area (Å²) in [5, 5.41) is 16.6. The number of rotatable bonds is 3. The summed E-state index contributed by atoms with van der Waals surface area (Å²) in [5.74, 6) is 1.61. The summed E-state index contributed by atoms with van der Waals surface area (Å²) in [6.07, 6.45) is 7.52. The van der Waals surface area contributed by atoms with E-state index in [0.717, 1.165) is 38.3 Å². The molecular weight excluding hydrogens is 252 g/mol. The van der Waals surface area contributed by atoms with Gasteiger partial charge < -0.3 is 4.90 Å². The zero-order valence-electron chi connectivity index (χ0n) is 11.2. The molecule has 0 saturated carbocycles. The van der Waals surface area contributed by atoms with Gasteiger partial charge in [0.2, 0.25) is 0 Å². The van der Waals surface area contributed by atoms with E-state index in [4.69, 9.17) is 5.26 Å². The van der Waals surface area contributed by atoms with E-state index in [1.54, 1.807) is 12.4 Å². The van der Waals surface area contributed by atoms with E-state index >= 15 is 0 Å². The molecule has 1 aliphatic heterocycles. The smallest absolute Gasteiger partial charge is 0.128 e. The standard InChI is InChI=1S/C14H16N6/c15-9-13-1-2-14(16-10-13)19-6-3-12(4-7-19)11-20-8-5-17-18-20/h1-2,5,8,10,12H,3-4,6-7,11H2. The molecule has 1 fully saturated rings. The van der Waals surface area contributed by atoms with Gasteiger partial charge >= 0.3 is 0 Å². The number of aromatic nitrogens is 4. The molecule has 6 heteroatoms. The normalized spacial score (nSPS) is 16.1. The van der Waals surface area contributed by atoms with Crippen LogP contribution in [0, 0.1) is 17.2 Å². The summed E-state index contributed by atoms with van der Waals surface area (Å²) < 4.78 is 1.90. The largest absolute Gasteiger partial charge is 0.357 e. The molecule has 102 valence electrons. The van der Waals surface area contributed by atoms with Crippen molar-refractivity contribution >= 4 is 5.82 Å². The van der Waals surface area contributed by atoms with Gasteiger partial charge in [0.15, 0.2) is 0 Å². The van der Waals surface area contributed by atoms with Crippen molar-refractivity contribution in [1.82, 2.24) is 20.0 Å². The Kier molecular flexibility index (Phi) is 3.59. The zero-order valence-corrected chi connectivity index (χ0v) is 11.2. The fourth-order valence-corrected chi connectivity index (χ4v) is 2.58. The minimum absolute atomic E-state index is 0.606. The summed E-state index contributed by atoms with van der Waals surface area (Å²) in [4.78, 5) is 6.63. The number of anilines is 1. The molecule has 0 spiro atoms. The molecule has 0 atom stereocenters. The highest BCUT2D eigenvalue weighted by atomic mass is 15.4. The number of nitrogens with zero attached hydrogens (tertiary/aromatic N) is 6. The highest BCUT2D eigenvalue weighted by Gasteiger charge is 2.20. The minimum atomic E-state index is 0.606. The molecule has 2 aromatic heterocycles. The maximum atomic E-state index is 8.78. The van der Waals surface area contributed by atoms with Gasteiger partial charge in [0.1, 0.15) is 11.9 Å². The van der Waals surface area contributed by atoms with Gasteiger partial charge in [-0.1, -0.05) is 5.21 Å². The Bertz CT molecular complexity index is 575. The van der Waals surface area contributed by atoms with Crippen molar-refractivity contribution in [3.05, 3.63) is 36.3 Å². The number of hydrogen-bond donors (Lipinski definition) is 0. The third-order valence-corrected chi connectivity index (χ3v) is 3.73. The van der Waals surface area contributed by atoms with Crippen LogP contribution in [0.4, 0.5) is 5.82 Å². The Morgan fingerprint density at radius 3 is 2.75 bits per heavy atom. The van der Waals surface area contributed by atoms with Gasteiger partial charge in [0.05, 0.1) is 11.8 Å². The topological polar surface area (TPSA) is 70.6 Å². The first kappa shape index (κ1) is 12.6. The highest BCUT2D eigenvalue weighted by Crippen LogP contribution is 2.22. The number of hydrogen-bond acceptors (Lipinski definition) is 5. The number of piperidine rings is 1. The Morgan fingerprint density at radius 2 is 2.15 bits per heavy atom. The third kappa shape index (κ3) is 2.77. The summed E-state index contributed by atoms with van der Waals surface area (Å²) in [7, 11) is 0. The van der Waals surface area contributed by atoms with E-state index in [-0.39, 0.29) is 0 Å². The van der Waals surface area contributed by atoms with Crippen molar-refractivity contribution in [3.8, 4) is 6.07 Å². The summed E-state index contributed by atoms with van der Waals surface area (Å²) in [6, 6.07) is 5.84. The number of pyridine rings is 1. The van der Waals surface area contributed by atoms with Crippen LogP contribution in [-0.2, 0) is 6.54 Å². The van der Waals surface area contributed by atoms with E-state index < -0.39 is 0 Å². The average molecular weight is 268 g/mol. The second kappa shape index (κ2) is 5.70. The van der Waals surface area contributed by atoms with E-state index in [1.165, 1.54) is 0 Å². The van der Waals surface area contributed by atoms with Crippen LogP contribution < -0.4 is 4.90 Å². The van der Waals surface area contributed by atoms with Crippen molar-refractivity contribution in [2.75, 3.05) is 18.0 Å². The first-order valence-corrected chi connectivity index (χ1v) is 6.80. The predicted molar refractivity (Wildman–Crippen MR) is 73.9 cm³/mol. The van der Waals surface area contributed by atoms with Gasteiger partial charge in [-0.3, -0.25) is 4.68 Å². The van der Waals surface area contributed by atoms with Gasteiger partial charge in [-0.25, -0.2) is 4.98 Å². The minimum Gasteiger partial charge on any atom is -0.357 e. The molecule has 1 aliphatic rings. The van der Waals surface area contributed by atoms with E-state index in [9.17, 15) is 0 Å². The molecule has 0 amide bonds. The Labute approximate surface area is 117 Å². The molecule has 20 heavy (non-hydrogen) atoms. The van der Waals surface area contributed by atoms with Gasteiger partial charge in [0, 0.05) is 32.0 Å². The van der Waals surface area contributed by atoms with Crippen LogP contribution in [0.1, 0.15) is 18.4 Å². The van der Waals surface area contributed by atoms with Crippen LogP contribution in [0.3, 0.4) is 0 Å². The fourth-order valence-electron chi connectivity index (χ4n) is 2.58. The SMILES string of the molecule is N#Cc1ccc(N2CCC(Cn3ccnn3)CC2)nc1. The molecule has 0 aromatic carbocycles. The summed E-state index contributed by atoms with van der Waals surface area (Å²) in [5.41, 5.74) is 0.606. The van der Waals surface area contributed by atoms with E-state index in [0.29, 0.717) is 11.5 Å². The fraction of sp³-hybridized carbons (Fsp3) is 0.429. The Morgan fingerprint density at radius 1 is 1.30 bits per heavy atom. The maximum absolute atomic E-state index is 8.78. The van der Waals surface area contributed by atoms with Crippen LogP contribution in [0.5, 0.6) is 0 Å². The van der Waals surface area contributed by atoms with Gasteiger partial charge in [0.25, 0.3) is 0 Å². The second-order valence-electron chi connectivity index (χ2n) is 5.07. The Hall–Kier alpha value is -2.42. The predicted octanol–water partition coefficient (Wildman–Crippen LogP) is 1.46. The van der Waals surface area contributed by atoms with E-state index in [1.807, 2.05) is 23.0 Å². The van der Waals surface area contributed by atoms with Crippen molar-refractivity contribution in [3.63, 3.8) is 0 Å². The first-order valence-electron chi connectivity index (χ1n) is 6.80. The summed E-state index contributed by atoms with van der Waals surface area (Å²) in [6.45, 7) is 2.94. The van der Waals surface area contributed by atoms with Crippen LogP contribution in [0.25, 0.3) is 0 Å². The quantitative estimate of drug-likeness (QED) is 0.842. The Balaban J connectivity index is 1.56. The molecular formula is C14H16N6. The van der Waals surface area contributed by atoms with Crippen LogP contribution in [-0.4, -0.2) is 33.1 Å². The lowest BCUT2D eigenvalue weighted by molar-refractivity contribution is 0.338. The molecule has 0 unspecified atom stereocenters. The number of nitriles is 1. The zero-order chi connectivity index (χ0) is 13.8. The summed E-state index contributed by atoms with van der Waals surface area (Å²) >= 11 is 0. The van der Waals surface area contributed by atoms with Crippen LogP contribution in [0.2, 0.25) is 0 Å². The third-order valence-electron chi connectivity index (χ3n) is 3.73. The molecule has 2 aromatic rings. The van der Waals surface area contributed by atoms with Crippen molar-refractivity contribution < 1.29 is 0 Å². The second-order valence-corrected chi connectivity index (χ2v) is 5.07. The highest BCUT2D eigenvalue weighted by molar-refractivity contribution is 5.42. The lowest BCUT2D eigenvalue weighted by Gasteiger charge is -2.32. The molecule has 0 N–H and O–H groups in total. The van der Waals surface area contributed by atoms with Crippen molar-refractivity contribution in [2.45, 2.75) is 19.4 Å². The monoisotopic (exact) mass is 268 g/mol. The van der Waals surface area contributed by atoms with Gasteiger partial charge in [-0.15, -0.1) is 5.10 Å².